The molecule has 0 fully saturated rings. The van der Waals surface area contributed by atoms with E-state index in [-0.39, 0.29) is 0 Å². The molecule has 5 rings (SSSR count). The van der Waals surface area contributed by atoms with Crippen molar-refractivity contribution in [3.8, 4) is 16.9 Å². The van der Waals surface area contributed by atoms with Gasteiger partial charge in [0.1, 0.15) is 0 Å². The highest BCUT2D eigenvalue weighted by atomic mass is 15.0. The lowest BCUT2D eigenvalue weighted by atomic mass is 10.0. The average Bonchev–Trinajstić information content (AvgIpc) is 3.08. The Morgan fingerprint density at radius 3 is 2.00 bits per heavy atom. The highest BCUT2D eigenvalue weighted by Crippen LogP contribution is 2.33. The second kappa shape index (κ2) is 5.64. The Morgan fingerprint density at radius 1 is 0.480 bits per heavy atom. The van der Waals surface area contributed by atoms with E-state index in [9.17, 15) is 0 Å². The van der Waals surface area contributed by atoms with Crippen LogP contribution in [0.4, 0.5) is 0 Å². The van der Waals surface area contributed by atoms with Crippen molar-refractivity contribution in [2.75, 3.05) is 0 Å². The summed E-state index contributed by atoms with van der Waals surface area (Å²) < 4.78 is 2.35. The van der Waals surface area contributed by atoms with Gasteiger partial charge in [-0.05, 0) is 46.7 Å². The quantitative estimate of drug-likeness (QED) is 0.352. The lowest BCUT2D eigenvalue weighted by molar-refractivity contribution is 1.14. The second-order valence-electron chi connectivity index (χ2n) is 6.32. The van der Waals surface area contributed by atoms with E-state index < -0.39 is 0 Å². The summed E-state index contributed by atoms with van der Waals surface area (Å²) in [6.45, 7) is 0. The van der Waals surface area contributed by atoms with Gasteiger partial charge in [0.2, 0.25) is 0 Å². The normalized spacial score (nSPS) is 11.2. The molecule has 1 heterocycles. The van der Waals surface area contributed by atoms with Gasteiger partial charge in [0.25, 0.3) is 0 Å². The molecule has 0 N–H and O–H groups in total. The lowest BCUT2D eigenvalue weighted by Crippen LogP contribution is -1.96. The maximum Gasteiger partial charge on any atom is 0.0541 e. The number of aromatic nitrogens is 1. The standard InChI is InChI=1S/C24H17N/c1-2-11-22(12-3-1)25-23-13-7-6-10-20(23)17-24(25)21-15-14-18-8-4-5-9-19(18)16-21/h1-17H. The van der Waals surface area contributed by atoms with E-state index in [1.165, 1.54) is 38.6 Å². The topological polar surface area (TPSA) is 4.93 Å². The summed E-state index contributed by atoms with van der Waals surface area (Å²) >= 11 is 0. The average molecular weight is 319 g/mol. The van der Waals surface area contributed by atoms with Crippen molar-refractivity contribution in [2.24, 2.45) is 0 Å². The molecule has 0 bridgehead atoms. The Kier molecular flexibility index (Phi) is 3.17. The van der Waals surface area contributed by atoms with E-state index in [1.807, 2.05) is 0 Å². The van der Waals surface area contributed by atoms with Crippen molar-refractivity contribution in [3.63, 3.8) is 0 Å². The Balaban J connectivity index is 1.83. The van der Waals surface area contributed by atoms with E-state index in [0.717, 1.165) is 0 Å². The Bertz CT molecular complexity index is 1180. The van der Waals surface area contributed by atoms with Crippen LogP contribution in [0.25, 0.3) is 38.6 Å². The minimum atomic E-state index is 1.19. The summed E-state index contributed by atoms with van der Waals surface area (Å²) in [6, 6.07) is 36.6. The molecule has 1 nitrogen and oxygen atoms in total. The third-order valence-electron chi connectivity index (χ3n) is 4.77. The molecule has 0 saturated carbocycles. The van der Waals surface area contributed by atoms with Crippen molar-refractivity contribution in [2.45, 2.75) is 0 Å². The first-order chi connectivity index (χ1) is 12.4. The molecule has 0 unspecified atom stereocenters. The predicted molar refractivity (Wildman–Crippen MR) is 106 cm³/mol. The minimum absolute atomic E-state index is 1.19. The summed E-state index contributed by atoms with van der Waals surface area (Å²) in [7, 11) is 0. The summed E-state index contributed by atoms with van der Waals surface area (Å²) in [5.74, 6) is 0. The SMILES string of the molecule is c1ccc(-n2c(-c3ccc4ccccc4c3)cc3ccccc32)cc1. The van der Waals surface area contributed by atoms with Gasteiger partial charge in [-0.25, -0.2) is 0 Å². The molecule has 0 aliphatic heterocycles. The molecule has 0 atom stereocenters. The Hall–Kier alpha value is -3.32. The zero-order chi connectivity index (χ0) is 16.6. The highest BCUT2D eigenvalue weighted by Gasteiger charge is 2.12. The van der Waals surface area contributed by atoms with Crippen LogP contribution in [0.2, 0.25) is 0 Å². The maximum absolute atomic E-state index is 2.35. The van der Waals surface area contributed by atoms with Crippen molar-refractivity contribution >= 4 is 21.7 Å². The molecule has 118 valence electrons. The van der Waals surface area contributed by atoms with Crippen LogP contribution < -0.4 is 0 Å². The molecule has 0 aliphatic carbocycles. The number of para-hydroxylation sites is 2. The monoisotopic (exact) mass is 319 g/mol. The summed E-state index contributed by atoms with van der Waals surface area (Å²) in [6.07, 6.45) is 0. The molecule has 0 radical (unpaired) electrons. The third-order valence-corrected chi connectivity index (χ3v) is 4.77. The van der Waals surface area contributed by atoms with Gasteiger partial charge in [-0.15, -0.1) is 0 Å². The van der Waals surface area contributed by atoms with E-state index in [1.54, 1.807) is 0 Å². The largest absolute Gasteiger partial charge is 0.309 e. The minimum Gasteiger partial charge on any atom is -0.309 e. The molecular weight excluding hydrogens is 302 g/mol. The van der Waals surface area contributed by atoms with Gasteiger partial charge in [-0.3, -0.25) is 0 Å². The van der Waals surface area contributed by atoms with Gasteiger partial charge in [0.05, 0.1) is 11.2 Å². The number of nitrogens with zero attached hydrogens (tertiary/aromatic N) is 1. The molecule has 0 aliphatic rings. The van der Waals surface area contributed by atoms with Crippen molar-refractivity contribution in [1.82, 2.24) is 4.57 Å². The maximum atomic E-state index is 2.35. The van der Waals surface area contributed by atoms with Crippen LogP contribution in [-0.2, 0) is 0 Å². The fourth-order valence-corrected chi connectivity index (χ4v) is 3.57. The molecule has 0 saturated heterocycles. The number of hydrogen-bond acceptors (Lipinski definition) is 0. The number of benzene rings is 4. The van der Waals surface area contributed by atoms with Gasteiger partial charge in [-0.2, -0.15) is 0 Å². The molecule has 0 spiro atoms. The number of hydrogen-bond donors (Lipinski definition) is 0. The van der Waals surface area contributed by atoms with E-state index >= 15 is 0 Å². The fourth-order valence-electron chi connectivity index (χ4n) is 3.57. The highest BCUT2D eigenvalue weighted by molar-refractivity contribution is 5.92. The van der Waals surface area contributed by atoms with Gasteiger partial charge < -0.3 is 4.57 Å². The predicted octanol–water partition coefficient (Wildman–Crippen LogP) is 6.45. The Morgan fingerprint density at radius 2 is 1.16 bits per heavy atom. The molecule has 1 heteroatoms. The fraction of sp³-hybridized carbons (Fsp3) is 0. The second-order valence-corrected chi connectivity index (χ2v) is 6.32. The smallest absolute Gasteiger partial charge is 0.0541 e. The first-order valence-corrected chi connectivity index (χ1v) is 8.55. The van der Waals surface area contributed by atoms with Gasteiger partial charge >= 0.3 is 0 Å². The van der Waals surface area contributed by atoms with Crippen LogP contribution in [0, 0.1) is 0 Å². The van der Waals surface area contributed by atoms with Crippen LogP contribution >= 0.6 is 0 Å². The summed E-state index contributed by atoms with van der Waals surface area (Å²) in [5, 5.41) is 3.80. The molecular formula is C24H17N. The first-order valence-electron chi connectivity index (χ1n) is 8.55. The van der Waals surface area contributed by atoms with Crippen molar-refractivity contribution < 1.29 is 0 Å². The molecule has 5 aromatic rings. The van der Waals surface area contributed by atoms with E-state index in [2.05, 4.69) is 108 Å². The van der Waals surface area contributed by atoms with Gasteiger partial charge in [-0.1, -0.05) is 72.8 Å². The van der Waals surface area contributed by atoms with Crippen LogP contribution in [-0.4, -0.2) is 4.57 Å². The molecule has 4 aromatic carbocycles. The van der Waals surface area contributed by atoms with Crippen LogP contribution in [0.3, 0.4) is 0 Å². The summed E-state index contributed by atoms with van der Waals surface area (Å²) in [5.41, 5.74) is 4.88. The van der Waals surface area contributed by atoms with Crippen molar-refractivity contribution in [3.05, 3.63) is 103 Å². The van der Waals surface area contributed by atoms with Crippen LogP contribution in [0.15, 0.2) is 103 Å². The number of fused-ring (bicyclic) bond motifs is 2. The van der Waals surface area contributed by atoms with Crippen LogP contribution in [0.1, 0.15) is 0 Å². The first kappa shape index (κ1) is 14.1. The lowest BCUT2D eigenvalue weighted by Gasteiger charge is -2.12. The third kappa shape index (κ3) is 2.33. The van der Waals surface area contributed by atoms with E-state index in [4.69, 9.17) is 0 Å². The van der Waals surface area contributed by atoms with Gasteiger partial charge in [0, 0.05) is 11.1 Å². The molecule has 0 amide bonds. The van der Waals surface area contributed by atoms with Crippen molar-refractivity contribution in [1.29, 1.82) is 0 Å². The number of rotatable bonds is 2. The zero-order valence-corrected chi connectivity index (χ0v) is 13.8. The van der Waals surface area contributed by atoms with Gasteiger partial charge in [0.15, 0.2) is 0 Å². The Labute approximate surface area is 146 Å². The molecule has 1 aromatic heterocycles. The zero-order valence-electron chi connectivity index (χ0n) is 13.8. The summed E-state index contributed by atoms with van der Waals surface area (Å²) in [4.78, 5) is 0. The van der Waals surface area contributed by atoms with Crippen LogP contribution in [0.5, 0.6) is 0 Å². The molecule has 25 heavy (non-hydrogen) atoms. The van der Waals surface area contributed by atoms with E-state index in [0.29, 0.717) is 0 Å².